The molecule has 3 atom stereocenters. The summed E-state index contributed by atoms with van der Waals surface area (Å²) in [5, 5.41) is 13.1. The smallest absolute Gasteiger partial charge is 0.314 e. The monoisotopic (exact) mass is 227 g/mol. The SMILES string of the molecule is CC(O)C1CC(NC2CC2)CN(C(N)=O)C1. The van der Waals surface area contributed by atoms with Gasteiger partial charge in [-0.2, -0.15) is 0 Å². The normalized spacial score (nSPS) is 32.5. The summed E-state index contributed by atoms with van der Waals surface area (Å²) in [6.07, 6.45) is 3.00. The average molecular weight is 227 g/mol. The molecule has 1 saturated heterocycles. The van der Waals surface area contributed by atoms with E-state index in [0.29, 0.717) is 19.1 Å². The average Bonchev–Trinajstić information content (AvgIpc) is 3.01. The molecule has 0 spiro atoms. The summed E-state index contributed by atoms with van der Waals surface area (Å²) < 4.78 is 0. The van der Waals surface area contributed by atoms with E-state index in [0.717, 1.165) is 6.42 Å². The van der Waals surface area contributed by atoms with Crippen molar-refractivity contribution in [1.82, 2.24) is 10.2 Å². The molecule has 0 bridgehead atoms. The molecule has 2 amide bonds. The maximum absolute atomic E-state index is 11.2. The van der Waals surface area contributed by atoms with Crippen molar-refractivity contribution in [2.75, 3.05) is 13.1 Å². The molecule has 5 nitrogen and oxygen atoms in total. The van der Waals surface area contributed by atoms with E-state index < -0.39 is 0 Å². The number of aliphatic hydroxyl groups excluding tert-OH is 1. The van der Waals surface area contributed by atoms with E-state index in [-0.39, 0.29) is 24.1 Å². The first-order valence-electron chi connectivity index (χ1n) is 6.04. The van der Waals surface area contributed by atoms with Crippen LogP contribution in [-0.4, -0.2) is 47.3 Å². The molecule has 0 aromatic heterocycles. The molecule has 1 saturated carbocycles. The maximum atomic E-state index is 11.2. The van der Waals surface area contributed by atoms with Gasteiger partial charge in [-0.15, -0.1) is 0 Å². The molecule has 92 valence electrons. The van der Waals surface area contributed by atoms with Crippen molar-refractivity contribution < 1.29 is 9.90 Å². The van der Waals surface area contributed by atoms with Gasteiger partial charge < -0.3 is 21.1 Å². The molecule has 4 N–H and O–H groups in total. The van der Waals surface area contributed by atoms with Crippen LogP contribution in [0.4, 0.5) is 4.79 Å². The van der Waals surface area contributed by atoms with Gasteiger partial charge in [0.2, 0.25) is 0 Å². The zero-order valence-electron chi connectivity index (χ0n) is 9.72. The number of hydrogen-bond acceptors (Lipinski definition) is 3. The van der Waals surface area contributed by atoms with Crippen LogP contribution in [0.3, 0.4) is 0 Å². The van der Waals surface area contributed by atoms with E-state index in [1.54, 1.807) is 11.8 Å². The summed E-state index contributed by atoms with van der Waals surface area (Å²) in [4.78, 5) is 12.8. The van der Waals surface area contributed by atoms with Gasteiger partial charge in [-0.3, -0.25) is 0 Å². The summed E-state index contributed by atoms with van der Waals surface area (Å²) in [6.45, 7) is 3.04. The largest absolute Gasteiger partial charge is 0.393 e. The van der Waals surface area contributed by atoms with Crippen LogP contribution in [0.15, 0.2) is 0 Å². The van der Waals surface area contributed by atoms with Crippen molar-refractivity contribution in [2.45, 2.75) is 44.4 Å². The molecule has 2 fully saturated rings. The van der Waals surface area contributed by atoms with Gasteiger partial charge in [0.1, 0.15) is 0 Å². The van der Waals surface area contributed by atoms with E-state index in [1.807, 2.05) is 0 Å². The van der Waals surface area contributed by atoms with Crippen molar-refractivity contribution >= 4 is 6.03 Å². The molecule has 0 radical (unpaired) electrons. The fourth-order valence-electron chi connectivity index (χ4n) is 2.37. The van der Waals surface area contributed by atoms with Crippen LogP contribution in [0.2, 0.25) is 0 Å². The van der Waals surface area contributed by atoms with E-state index in [4.69, 9.17) is 5.73 Å². The van der Waals surface area contributed by atoms with Crippen molar-refractivity contribution in [3.63, 3.8) is 0 Å². The summed E-state index contributed by atoms with van der Waals surface area (Å²) in [5.74, 6) is 0.137. The summed E-state index contributed by atoms with van der Waals surface area (Å²) in [6, 6.07) is 0.522. The minimum absolute atomic E-state index is 0.137. The van der Waals surface area contributed by atoms with Crippen LogP contribution in [0.25, 0.3) is 0 Å². The maximum Gasteiger partial charge on any atom is 0.314 e. The zero-order valence-corrected chi connectivity index (χ0v) is 9.72. The second-order valence-electron chi connectivity index (χ2n) is 5.12. The molecule has 16 heavy (non-hydrogen) atoms. The van der Waals surface area contributed by atoms with Crippen LogP contribution in [-0.2, 0) is 0 Å². The van der Waals surface area contributed by atoms with Gasteiger partial charge in [0.25, 0.3) is 0 Å². The fourth-order valence-corrected chi connectivity index (χ4v) is 2.37. The summed E-state index contributed by atoms with van der Waals surface area (Å²) in [7, 11) is 0. The number of aliphatic hydroxyl groups is 1. The van der Waals surface area contributed by atoms with E-state index >= 15 is 0 Å². The second-order valence-corrected chi connectivity index (χ2v) is 5.12. The summed E-state index contributed by atoms with van der Waals surface area (Å²) >= 11 is 0. The number of piperidine rings is 1. The van der Waals surface area contributed by atoms with Gasteiger partial charge in [-0.1, -0.05) is 0 Å². The number of carbonyl (C=O) groups excluding carboxylic acids is 1. The number of urea groups is 1. The first-order chi connectivity index (χ1) is 7.56. The van der Waals surface area contributed by atoms with Crippen LogP contribution in [0, 0.1) is 5.92 Å². The first-order valence-corrected chi connectivity index (χ1v) is 6.04. The number of carbonyl (C=O) groups is 1. The van der Waals surface area contributed by atoms with Crippen molar-refractivity contribution in [2.24, 2.45) is 11.7 Å². The number of likely N-dealkylation sites (tertiary alicyclic amines) is 1. The molecule has 1 aliphatic carbocycles. The predicted octanol–water partition coefficient (Wildman–Crippen LogP) is -0.112. The van der Waals surface area contributed by atoms with E-state index in [1.165, 1.54) is 12.8 Å². The highest BCUT2D eigenvalue weighted by Crippen LogP contribution is 2.25. The number of rotatable bonds is 3. The number of hydrogen-bond donors (Lipinski definition) is 3. The lowest BCUT2D eigenvalue weighted by Gasteiger charge is -2.38. The number of nitrogens with two attached hydrogens (primary N) is 1. The Kier molecular flexibility index (Phi) is 3.35. The molecule has 1 aliphatic heterocycles. The predicted molar refractivity (Wildman–Crippen MR) is 60.9 cm³/mol. The highest BCUT2D eigenvalue weighted by molar-refractivity contribution is 5.72. The highest BCUT2D eigenvalue weighted by atomic mass is 16.3. The van der Waals surface area contributed by atoms with E-state index in [2.05, 4.69) is 5.32 Å². The van der Waals surface area contributed by atoms with Gasteiger partial charge in [0, 0.05) is 31.1 Å². The number of nitrogens with one attached hydrogen (secondary N) is 1. The van der Waals surface area contributed by atoms with Crippen molar-refractivity contribution in [3.05, 3.63) is 0 Å². The Bertz CT molecular complexity index is 266. The molecule has 0 aromatic rings. The first kappa shape index (κ1) is 11.7. The lowest BCUT2D eigenvalue weighted by Crippen LogP contribution is -2.54. The molecule has 1 heterocycles. The summed E-state index contributed by atoms with van der Waals surface area (Å²) in [5.41, 5.74) is 5.32. The van der Waals surface area contributed by atoms with Crippen molar-refractivity contribution in [3.8, 4) is 0 Å². The van der Waals surface area contributed by atoms with Crippen molar-refractivity contribution in [1.29, 1.82) is 0 Å². The third-order valence-corrected chi connectivity index (χ3v) is 3.53. The molecule has 0 aromatic carbocycles. The number of primary amides is 1. The Morgan fingerprint density at radius 2 is 2.12 bits per heavy atom. The lowest BCUT2D eigenvalue weighted by atomic mass is 9.90. The lowest BCUT2D eigenvalue weighted by molar-refractivity contribution is 0.0620. The van der Waals surface area contributed by atoms with Gasteiger partial charge in [-0.05, 0) is 26.2 Å². The van der Waals surface area contributed by atoms with E-state index in [9.17, 15) is 9.90 Å². The Morgan fingerprint density at radius 3 is 2.62 bits per heavy atom. The number of amides is 2. The minimum atomic E-state index is -0.384. The Balaban J connectivity index is 1.94. The Morgan fingerprint density at radius 1 is 1.44 bits per heavy atom. The molecule has 3 unspecified atom stereocenters. The third-order valence-electron chi connectivity index (χ3n) is 3.53. The molecular weight excluding hydrogens is 206 g/mol. The van der Waals surface area contributed by atoms with Crippen LogP contribution < -0.4 is 11.1 Å². The second kappa shape index (κ2) is 4.59. The molecular formula is C11H21N3O2. The Hall–Kier alpha value is -0.810. The molecule has 5 heteroatoms. The Labute approximate surface area is 96.0 Å². The highest BCUT2D eigenvalue weighted by Gasteiger charge is 2.34. The van der Waals surface area contributed by atoms with Crippen LogP contribution >= 0.6 is 0 Å². The van der Waals surface area contributed by atoms with Gasteiger partial charge in [0.15, 0.2) is 0 Å². The topological polar surface area (TPSA) is 78.6 Å². The minimum Gasteiger partial charge on any atom is -0.393 e. The van der Waals surface area contributed by atoms with Gasteiger partial charge in [0.05, 0.1) is 6.10 Å². The number of nitrogens with zero attached hydrogens (tertiary/aromatic N) is 1. The zero-order chi connectivity index (χ0) is 11.7. The fraction of sp³-hybridized carbons (Fsp3) is 0.909. The van der Waals surface area contributed by atoms with Gasteiger partial charge >= 0.3 is 6.03 Å². The molecule has 2 rings (SSSR count). The standard InChI is InChI=1S/C11H21N3O2/c1-7(15)8-4-10(13-9-2-3-9)6-14(5-8)11(12)16/h7-10,13,15H,2-6H2,1H3,(H2,12,16). The quantitative estimate of drug-likeness (QED) is 0.629. The van der Waals surface area contributed by atoms with Gasteiger partial charge in [-0.25, -0.2) is 4.79 Å². The van der Waals surface area contributed by atoms with Crippen LogP contribution in [0.5, 0.6) is 0 Å². The third kappa shape index (κ3) is 2.86. The van der Waals surface area contributed by atoms with Crippen LogP contribution in [0.1, 0.15) is 26.2 Å². The molecule has 2 aliphatic rings.